The van der Waals surface area contributed by atoms with Crippen molar-refractivity contribution in [3.63, 3.8) is 0 Å². The molecule has 0 aliphatic heterocycles. The maximum atomic E-state index is 9.73. The first-order valence-electron chi connectivity index (χ1n) is 5.49. The molecule has 1 fully saturated rings. The molecule has 80 valence electrons. The lowest BCUT2D eigenvalue weighted by molar-refractivity contribution is 0.0838. The van der Waals surface area contributed by atoms with Crippen molar-refractivity contribution in [2.45, 2.75) is 57.7 Å². The summed E-state index contributed by atoms with van der Waals surface area (Å²) in [6, 6.07) is 2.58. The van der Waals surface area contributed by atoms with Crippen LogP contribution in [0.2, 0.25) is 0 Å². The Balaban J connectivity index is 2.38. The van der Waals surface area contributed by atoms with Gasteiger partial charge in [-0.05, 0) is 26.7 Å². The van der Waals surface area contributed by atoms with Gasteiger partial charge in [0.25, 0.3) is 0 Å². The lowest BCUT2D eigenvalue weighted by Gasteiger charge is -2.31. The molecular weight excluding hydrogens is 176 g/mol. The molecule has 1 aliphatic carbocycles. The van der Waals surface area contributed by atoms with Crippen molar-refractivity contribution >= 4 is 0 Å². The minimum Gasteiger partial charge on any atom is -0.392 e. The summed E-state index contributed by atoms with van der Waals surface area (Å²) in [5.41, 5.74) is 0. The normalized spacial score (nSPS) is 31.9. The van der Waals surface area contributed by atoms with Gasteiger partial charge in [0.1, 0.15) is 0 Å². The molecule has 1 rings (SSSR count). The van der Waals surface area contributed by atoms with E-state index in [2.05, 4.69) is 11.4 Å². The Morgan fingerprint density at radius 1 is 1.36 bits per heavy atom. The number of rotatable bonds is 3. The molecule has 2 N–H and O–H groups in total. The van der Waals surface area contributed by atoms with Crippen LogP contribution in [0.3, 0.4) is 0 Å². The van der Waals surface area contributed by atoms with Gasteiger partial charge in [0.05, 0.1) is 18.1 Å². The molecule has 0 bridgehead atoms. The number of nitriles is 1. The average molecular weight is 196 g/mol. The zero-order valence-electron chi connectivity index (χ0n) is 9.03. The van der Waals surface area contributed by atoms with Gasteiger partial charge in [-0.2, -0.15) is 5.26 Å². The number of hydrogen-bond acceptors (Lipinski definition) is 3. The molecule has 3 nitrogen and oxygen atoms in total. The first-order valence-corrected chi connectivity index (χ1v) is 5.49. The van der Waals surface area contributed by atoms with Gasteiger partial charge < -0.3 is 10.4 Å². The van der Waals surface area contributed by atoms with E-state index < -0.39 is 0 Å². The highest BCUT2D eigenvalue weighted by atomic mass is 16.3. The number of nitrogens with zero attached hydrogens (tertiary/aromatic N) is 1. The summed E-state index contributed by atoms with van der Waals surface area (Å²) < 4.78 is 0. The van der Waals surface area contributed by atoms with Gasteiger partial charge in [-0.1, -0.05) is 12.8 Å². The van der Waals surface area contributed by atoms with Crippen LogP contribution in [0.5, 0.6) is 0 Å². The van der Waals surface area contributed by atoms with Gasteiger partial charge in [0.2, 0.25) is 0 Å². The third-order valence-corrected chi connectivity index (χ3v) is 3.16. The van der Waals surface area contributed by atoms with Crippen LogP contribution in [-0.2, 0) is 0 Å². The summed E-state index contributed by atoms with van der Waals surface area (Å²) in [5.74, 6) is 0.00382. The number of aliphatic hydroxyl groups excluding tert-OH is 1. The second kappa shape index (κ2) is 5.33. The van der Waals surface area contributed by atoms with E-state index in [0.717, 1.165) is 19.3 Å². The van der Waals surface area contributed by atoms with Crippen molar-refractivity contribution in [2.24, 2.45) is 5.92 Å². The molecule has 0 aromatic carbocycles. The molecular formula is C11H20N2O. The average Bonchev–Trinajstić information content (AvgIpc) is 2.20. The van der Waals surface area contributed by atoms with Crippen LogP contribution in [0.25, 0.3) is 0 Å². The smallest absolute Gasteiger partial charge is 0.0693 e. The zero-order chi connectivity index (χ0) is 10.6. The third kappa shape index (κ3) is 2.97. The van der Waals surface area contributed by atoms with Crippen LogP contribution in [0.4, 0.5) is 0 Å². The van der Waals surface area contributed by atoms with E-state index >= 15 is 0 Å². The fraction of sp³-hybridized carbons (Fsp3) is 0.909. The van der Waals surface area contributed by atoms with Crippen molar-refractivity contribution in [1.29, 1.82) is 5.26 Å². The van der Waals surface area contributed by atoms with Crippen molar-refractivity contribution in [3.05, 3.63) is 0 Å². The molecule has 0 spiro atoms. The molecule has 3 heteroatoms. The molecule has 2 unspecified atom stereocenters. The highest BCUT2D eigenvalue weighted by molar-refractivity contribution is 4.90. The van der Waals surface area contributed by atoms with E-state index in [4.69, 9.17) is 5.26 Å². The molecule has 0 saturated heterocycles. The summed E-state index contributed by atoms with van der Waals surface area (Å²) in [6.45, 7) is 3.92. The fourth-order valence-corrected chi connectivity index (χ4v) is 1.90. The first-order chi connectivity index (χ1) is 6.65. The van der Waals surface area contributed by atoms with Gasteiger partial charge >= 0.3 is 0 Å². The number of hydrogen-bond donors (Lipinski definition) is 2. The number of nitrogens with one attached hydrogen (secondary N) is 1. The van der Waals surface area contributed by atoms with Crippen molar-refractivity contribution in [1.82, 2.24) is 5.32 Å². The zero-order valence-corrected chi connectivity index (χ0v) is 9.03. The Kier molecular flexibility index (Phi) is 4.37. The summed E-state index contributed by atoms with van der Waals surface area (Å²) >= 11 is 0. The summed E-state index contributed by atoms with van der Waals surface area (Å²) in [4.78, 5) is 0. The van der Waals surface area contributed by atoms with E-state index in [1.807, 2.05) is 13.8 Å². The Morgan fingerprint density at radius 2 is 2.00 bits per heavy atom. The van der Waals surface area contributed by atoms with Crippen LogP contribution in [0.1, 0.15) is 39.5 Å². The van der Waals surface area contributed by atoms with Gasteiger partial charge in [0.15, 0.2) is 0 Å². The Hall–Kier alpha value is -0.590. The lowest BCUT2D eigenvalue weighted by Crippen LogP contribution is -2.47. The van der Waals surface area contributed by atoms with Crippen molar-refractivity contribution in [3.8, 4) is 6.07 Å². The highest BCUT2D eigenvalue weighted by Gasteiger charge is 2.25. The van der Waals surface area contributed by atoms with E-state index in [-0.39, 0.29) is 24.1 Å². The minimum absolute atomic E-state index is 0.00382. The van der Waals surface area contributed by atoms with Crippen LogP contribution in [0, 0.1) is 17.2 Å². The Bertz CT molecular complexity index is 212. The maximum Gasteiger partial charge on any atom is 0.0693 e. The standard InChI is InChI=1S/C11H20N2O/c1-8(7-12)9(2)13-10-5-3-4-6-11(10)14/h8-11,13-14H,3-6H2,1-2H3/t8?,9?,10-,11+/m0/s1. The van der Waals surface area contributed by atoms with E-state index in [9.17, 15) is 5.11 Å². The van der Waals surface area contributed by atoms with Gasteiger partial charge in [-0.25, -0.2) is 0 Å². The summed E-state index contributed by atoms with van der Waals surface area (Å²) in [7, 11) is 0. The molecule has 14 heavy (non-hydrogen) atoms. The topological polar surface area (TPSA) is 56.0 Å². The summed E-state index contributed by atoms with van der Waals surface area (Å²) in [6.07, 6.45) is 4.01. The molecule has 1 aliphatic rings. The first kappa shape index (κ1) is 11.5. The molecule has 4 atom stereocenters. The predicted octanol–water partition coefficient (Wildman–Crippen LogP) is 1.43. The van der Waals surface area contributed by atoms with Crippen molar-refractivity contribution in [2.75, 3.05) is 0 Å². The Labute approximate surface area is 86.1 Å². The van der Waals surface area contributed by atoms with Gasteiger partial charge in [-0.15, -0.1) is 0 Å². The molecule has 0 amide bonds. The van der Waals surface area contributed by atoms with Crippen LogP contribution in [0.15, 0.2) is 0 Å². The fourth-order valence-electron chi connectivity index (χ4n) is 1.90. The van der Waals surface area contributed by atoms with Crippen LogP contribution in [-0.4, -0.2) is 23.3 Å². The molecule has 0 heterocycles. The quantitative estimate of drug-likeness (QED) is 0.718. The van der Waals surface area contributed by atoms with Crippen LogP contribution >= 0.6 is 0 Å². The molecule has 1 saturated carbocycles. The largest absolute Gasteiger partial charge is 0.392 e. The number of aliphatic hydroxyl groups is 1. The highest BCUT2D eigenvalue weighted by Crippen LogP contribution is 2.19. The SMILES string of the molecule is CC(C#N)C(C)N[C@H]1CCCC[C@H]1O. The van der Waals surface area contributed by atoms with E-state index in [0.29, 0.717) is 0 Å². The summed E-state index contributed by atoms with van der Waals surface area (Å²) in [5, 5.41) is 21.8. The monoisotopic (exact) mass is 196 g/mol. The van der Waals surface area contributed by atoms with Crippen LogP contribution < -0.4 is 5.32 Å². The van der Waals surface area contributed by atoms with E-state index in [1.165, 1.54) is 6.42 Å². The second-order valence-electron chi connectivity index (χ2n) is 4.33. The lowest BCUT2D eigenvalue weighted by atomic mass is 9.91. The molecule has 0 aromatic heterocycles. The second-order valence-corrected chi connectivity index (χ2v) is 4.33. The third-order valence-electron chi connectivity index (χ3n) is 3.16. The van der Waals surface area contributed by atoms with Crippen molar-refractivity contribution < 1.29 is 5.11 Å². The Morgan fingerprint density at radius 3 is 2.57 bits per heavy atom. The van der Waals surface area contributed by atoms with E-state index in [1.54, 1.807) is 0 Å². The molecule has 0 radical (unpaired) electrons. The predicted molar refractivity (Wildman–Crippen MR) is 55.6 cm³/mol. The minimum atomic E-state index is -0.225. The molecule has 0 aromatic rings. The van der Waals surface area contributed by atoms with Gasteiger partial charge in [0, 0.05) is 12.1 Å². The maximum absolute atomic E-state index is 9.73. The van der Waals surface area contributed by atoms with Gasteiger partial charge in [-0.3, -0.25) is 0 Å².